The Morgan fingerprint density at radius 3 is 2.57 bits per heavy atom. The first-order valence-corrected chi connectivity index (χ1v) is 9.29. The van der Waals surface area contributed by atoms with Crippen LogP contribution in [0.4, 0.5) is 11.6 Å². The first-order chi connectivity index (χ1) is 13.3. The van der Waals surface area contributed by atoms with Crippen molar-refractivity contribution in [1.29, 1.82) is 0 Å². The molecule has 1 fully saturated rings. The summed E-state index contributed by atoms with van der Waals surface area (Å²) in [7, 11) is 19.4. The third-order valence-corrected chi connectivity index (χ3v) is 5.14. The van der Waals surface area contributed by atoms with Gasteiger partial charge in [0.05, 0.1) is 41.2 Å². The Hall–Kier alpha value is -2.29. The SMILES string of the molecule is [B]C([B])([B])n1ncc2c(Nc3cc(C)[nH]n3)nc(C3CCC(OC)CC3)nc21. The van der Waals surface area contributed by atoms with Gasteiger partial charge < -0.3 is 10.1 Å². The average Bonchev–Trinajstić information content (AvgIpc) is 3.27. The number of rotatable bonds is 5. The Morgan fingerprint density at radius 1 is 1.21 bits per heavy atom. The number of anilines is 2. The Labute approximate surface area is 167 Å². The van der Waals surface area contributed by atoms with E-state index in [4.69, 9.17) is 38.2 Å². The van der Waals surface area contributed by atoms with Crippen molar-refractivity contribution in [3.05, 3.63) is 23.8 Å². The number of nitrogens with one attached hydrogen (secondary N) is 2. The summed E-state index contributed by atoms with van der Waals surface area (Å²) in [6.45, 7) is 1.93. The van der Waals surface area contributed by atoms with E-state index >= 15 is 0 Å². The number of nitrogens with zero attached hydrogens (tertiary/aromatic N) is 5. The van der Waals surface area contributed by atoms with E-state index in [0.29, 0.717) is 34.6 Å². The van der Waals surface area contributed by atoms with Gasteiger partial charge in [0.25, 0.3) is 0 Å². The van der Waals surface area contributed by atoms with Crippen LogP contribution in [0.3, 0.4) is 0 Å². The van der Waals surface area contributed by atoms with E-state index in [1.165, 1.54) is 4.68 Å². The van der Waals surface area contributed by atoms with Crippen molar-refractivity contribution in [2.24, 2.45) is 0 Å². The summed E-state index contributed by atoms with van der Waals surface area (Å²) in [4.78, 5) is 9.51. The first kappa shape index (κ1) is 19.0. The molecule has 3 aromatic heterocycles. The Kier molecular flexibility index (Phi) is 4.95. The summed E-state index contributed by atoms with van der Waals surface area (Å²) in [6.07, 6.45) is 5.72. The number of hydrogen-bond donors (Lipinski definition) is 2. The number of methoxy groups -OCH3 is 1. The van der Waals surface area contributed by atoms with Gasteiger partial charge in [-0.25, -0.2) is 9.97 Å². The number of aromatic nitrogens is 6. The highest BCUT2D eigenvalue weighted by atomic mass is 16.5. The van der Waals surface area contributed by atoms with Crippen molar-refractivity contribution in [1.82, 2.24) is 29.9 Å². The fourth-order valence-corrected chi connectivity index (χ4v) is 3.65. The van der Waals surface area contributed by atoms with Crippen LogP contribution in [0.15, 0.2) is 12.3 Å². The maximum Gasteiger partial charge on any atom is 0.162 e. The van der Waals surface area contributed by atoms with Crippen LogP contribution >= 0.6 is 0 Å². The molecule has 8 nitrogen and oxygen atoms in total. The molecule has 28 heavy (non-hydrogen) atoms. The highest BCUT2D eigenvalue weighted by Gasteiger charge is 2.27. The smallest absolute Gasteiger partial charge is 0.162 e. The molecule has 0 spiro atoms. The summed E-state index contributed by atoms with van der Waals surface area (Å²) >= 11 is 0. The number of fused-ring (bicyclic) bond motifs is 1. The van der Waals surface area contributed by atoms with Crippen LogP contribution in [-0.2, 0) is 9.97 Å². The molecule has 0 aliphatic heterocycles. The molecule has 2 N–H and O–H groups in total. The van der Waals surface area contributed by atoms with Crippen LogP contribution in [0.5, 0.6) is 0 Å². The first-order valence-electron chi connectivity index (χ1n) is 9.29. The molecule has 0 aromatic carbocycles. The highest BCUT2D eigenvalue weighted by molar-refractivity contribution is 6.56. The fraction of sp³-hybridized carbons (Fsp3) is 0.529. The zero-order valence-corrected chi connectivity index (χ0v) is 16.0. The third-order valence-electron chi connectivity index (χ3n) is 5.14. The summed E-state index contributed by atoms with van der Waals surface area (Å²) < 4.78 is 6.79. The van der Waals surface area contributed by atoms with Crippen LogP contribution in [0.25, 0.3) is 11.0 Å². The van der Waals surface area contributed by atoms with E-state index < -0.39 is 5.24 Å². The van der Waals surface area contributed by atoms with Crippen LogP contribution in [0.1, 0.15) is 43.1 Å². The monoisotopic (exact) mass is 371 g/mol. The second-order valence-corrected chi connectivity index (χ2v) is 7.38. The molecule has 1 saturated carbocycles. The van der Waals surface area contributed by atoms with Gasteiger partial charge in [0.2, 0.25) is 0 Å². The van der Waals surface area contributed by atoms with Crippen molar-refractivity contribution >= 4 is 46.2 Å². The number of aryl methyl sites for hydroxylation is 1. The fourth-order valence-electron chi connectivity index (χ4n) is 3.65. The van der Waals surface area contributed by atoms with Crippen molar-refractivity contribution in [2.45, 2.75) is 49.9 Å². The Bertz CT molecular complexity index is 973. The van der Waals surface area contributed by atoms with Gasteiger partial charge >= 0.3 is 0 Å². The average molecular weight is 371 g/mol. The van der Waals surface area contributed by atoms with Crippen molar-refractivity contribution in [2.75, 3.05) is 12.4 Å². The normalized spacial score (nSPS) is 20.5. The third kappa shape index (κ3) is 3.67. The lowest BCUT2D eigenvalue weighted by atomic mass is 9.49. The molecule has 1 aliphatic carbocycles. The van der Waals surface area contributed by atoms with Crippen molar-refractivity contribution in [3.8, 4) is 0 Å². The molecule has 4 rings (SSSR count). The van der Waals surface area contributed by atoms with Gasteiger partial charge in [0, 0.05) is 24.8 Å². The molecule has 11 heteroatoms. The molecule has 3 heterocycles. The molecular weight excluding hydrogens is 351 g/mol. The van der Waals surface area contributed by atoms with E-state index in [1.54, 1.807) is 13.3 Å². The van der Waals surface area contributed by atoms with E-state index in [1.807, 2.05) is 13.0 Å². The lowest BCUT2D eigenvalue weighted by Crippen LogP contribution is -2.36. The Morgan fingerprint density at radius 2 is 1.96 bits per heavy atom. The van der Waals surface area contributed by atoms with Gasteiger partial charge in [-0.2, -0.15) is 10.2 Å². The minimum atomic E-state index is -1.67. The predicted octanol–water partition coefficient (Wildman–Crippen LogP) is 1.35. The maximum atomic E-state index is 5.88. The molecule has 0 bridgehead atoms. The van der Waals surface area contributed by atoms with Crippen LogP contribution in [0, 0.1) is 6.92 Å². The molecule has 0 amide bonds. The lowest BCUT2D eigenvalue weighted by Gasteiger charge is -2.27. The maximum absolute atomic E-state index is 5.88. The molecule has 0 atom stereocenters. The van der Waals surface area contributed by atoms with E-state index in [9.17, 15) is 0 Å². The standard InChI is InChI=1S/C17H20B3N7O/c1-9-7-13(26-25-9)22-15-12-8-21-27(17(18,19)20)16(12)24-14(23-15)10-3-5-11(28-2)6-4-10/h7-8,10-11H,3-6H2,1-2H3,(H2,22,23,24,25,26). The summed E-state index contributed by atoms with van der Waals surface area (Å²) in [5.41, 5.74) is 1.42. The number of ether oxygens (including phenoxy) is 1. The lowest BCUT2D eigenvalue weighted by molar-refractivity contribution is 0.0651. The van der Waals surface area contributed by atoms with Crippen LogP contribution in [0.2, 0.25) is 0 Å². The zero-order chi connectivity index (χ0) is 19.9. The summed E-state index contributed by atoms with van der Waals surface area (Å²) in [5.74, 6) is 2.17. The second kappa shape index (κ2) is 7.27. The predicted molar refractivity (Wildman–Crippen MR) is 109 cm³/mol. The molecule has 0 unspecified atom stereocenters. The number of aromatic amines is 1. The van der Waals surface area contributed by atoms with Crippen molar-refractivity contribution in [3.63, 3.8) is 0 Å². The molecule has 6 radical (unpaired) electrons. The zero-order valence-electron chi connectivity index (χ0n) is 16.0. The molecular formula is C17H20B3N7O. The molecule has 3 aromatic rings. The van der Waals surface area contributed by atoms with Gasteiger partial charge in [-0.05, 0) is 37.8 Å². The highest BCUT2D eigenvalue weighted by Crippen LogP contribution is 2.34. The van der Waals surface area contributed by atoms with Gasteiger partial charge in [0.1, 0.15) is 11.6 Å². The topological polar surface area (TPSA) is 93.5 Å². The van der Waals surface area contributed by atoms with Crippen LogP contribution < -0.4 is 5.32 Å². The van der Waals surface area contributed by atoms with E-state index in [-0.39, 0.29) is 5.92 Å². The van der Waals surface area contributed by atoms with Gasteiger partial charge in [0.15, 0.2) is 11.5 Å². The van der Waals surface area contributed by atoms with Gasteiger partial charge in [-0.3, -0.25) is 9.78 Å². The van der Waals surface area contributed by atoms with Crippen molar-refractivity contribution < 1.29 is 4.74 Å². The molecule has 138 valence electrons. The minimum Gasteiger partial charge on any atom is -0.381 e. The largest absolute Gasteiger partial charge is 0.381 e. The van der Waals surface area contributed by atoms with Gasteiger partial charge in [-0.15, -0.1) is 0 Å². The Balaban J connectivity index is 1.76. The summed E-state index contributed by atoms with van der Waals surface area (Å²) in [5, 5.41) is 13.6. The second-order valence-electron chi connectivity index (χ2n) is 7.38. The minimum absolute atomic E-state index is 0.211. The van der Waals surface area contributed by atoms with Crippen LogP contribution in [-0.4, -0.2) is 66.7 Å². The van der Waals surface area contributed by atoms with Gasteiger partial charge in [-0.1, -0.05) is 0 Å². The number of H-pyrrole nitrogens is 1. The quantitative estimate of drug-likeness (QED) is 0.658. The number of hydrogen-bond acceptors (Lipinski definition) is 6. The molecule has 0 saturated heterocycles. The summed E-state index contributed by atoms with van der Waals surface area (Å²) in [6, 6.07) is 1.89. The van der Waals surface area contributed by atoms with E-state index in [2.05, 4.69) is 20.6 Å². The van der Waals surface area contributed by atoms with E-state index in [0.717, 1.165) is 31.4 Å². The molecule has 1 aliphatic rings.